The van der Waals surface area contributed by atoms with E-state index in [0.717, 1.165) is 37.9 Å². The molecule has 0 spiro atoms. The molecule has 180 valence electrons. The molecule has 0 bridgehead atoms. The topological polar surface area (TPSA) is 90.5 Å². The third-order valence-electron chi connectivity index (χ3n) is 7.45. The Morgan fingerprint density at radius 2 is 1.97 bits per heavy atom. The molecule has 1 aromatic carbocycles. The normalized spacial score (nSPS) is 30.1. The Hall–Kier alpha value is -2.06. The van der Waals surface area contributed by atoms with E-state index in [0.29, 0.717) is 6.42 Å². The van der Waals surface area contributed by atoms with E-state index in [1.54, 1.807) is 30.6 Å². The Morgan fingerprint density at radius 3 is 2.73 bits per heavy atom. The molecule has 2 aliphatic heterocycles. The minimum atomic E-state index is -0.591. The Morgan fingerprint density at radius 1 is 1.18 bits per heavy atom. The van der Waals surface area contributed by atoms with E-state index < -0.39 is 12.1 Å². The number of carbonyl (C=O) groups excluding carboxylic acids is 3. The molecule has 3 N–H and O–H groups in total. The van der Waals surface area contributed by atoms with E-state index in [-0.39, 0.29) is 41.1 Å². The first kappa shape index (κ1) is 24.1. The largest absolute Gasteiger partial charge is 0.347 e. The number of hydrogen-bond acceptors (Lipinski definition) is 5. The molecule has 4 rings (SSSR count). The summed E-state index contributed by atoms with van der Waals surface area (Å²) < 4.78 is 0. The predicted molar refractivity (Wildman–Crippen MR) is 131 cm³/mol. The van der Waals surface area contributed by atoms with Crippen LogP contribution in [-0.2, 0) is 20.8 Å². The van der Waals surface area contributed by atoms with Crippen LogP contribution >= 0.6 is 11.8 Å². The summed E-state index contributed by atoms with van der Waals surface area (Å²) in [7, 11) is 1.72. The van der Waals surface area contributed by atoms with E-state index in [2.05, 4.69) is 35.0 Å². The lowest BCUT2D eigenvalue weighted by Crippen LogP contribution is -2.57. The summed E-state index contributed by atoms with van der Waals surface area (Å²) in [6.07, 6.45) is 5.24. The maximum absolute atomic E-state index is 13.7. The number of likely N-dealkylation sites (N-methyl/N-ethyl adjacent to an activating group) is 1. The number of rotatable bonds is 6. The van der Waals surface area contributed by atoms with Crippen LogP contribution in [0.5, 0.6) is 0 Å². The third kappa shape index (κ3) is 4.92. The van der Waals surface area contributed by atoms with Crippen LogP contribution in [0.4, 0.5) is 0 Å². The van der Waals surface area contributed by atoms with E-state index in [1.807, 2.05) is 12.1 Å². The van der Waals surface area contributed by atoms with Crippen molar-refractivity contribution in [2.24, 2.45) is 5.92 Å². The molecule has 1 aliphatic carbocycles. The Labute approximate surface area is 200 Å². The average Bonchev–Trinajstić information content (AvgIpc) is 3.14. The van der Waals surface area contributed by atoms with E-state index in [9.17, 15) is 14.4 Å². The zero-order valence-corrected chi connectivity index (χ0v) is 20.6. The highest BCUT2D eigenvalue weighted by atomic mass is 32.2. The molecule has 0 radical (unpaired) electrons. The molecule has 0 saturated carbocycles. The van der Waals surface area contributed by atoms with Gasteiger partial charge >= 0.3 is 0 Å². The Kier molecular flexibility index (Phi) is 7.64. The number of benzene rings is 1. The summed E-state index contributed by atoms with van der Waals surface area (Å²) in [5, 5.41) is 9.13. The first-order valence-corrected chi connectivity index (χ1v) is 13.3. The molecule has 6 atom stereocenters. The summed E-state index contributed by atoms with van der Waals surface area (Å²) in [6, 6.07) is 6.85. The van der Waals surface area contributed by atoms with Gasteiger partial charge in [0.2, 0.25) is 17.7 Å². The number of fused-ring (bicyclic) bond motifs is 2. The molecule has 2 heterocycles. The smallest absolute Gasteiger partial charge is 0.246 e. The molecule has 2 saturated heterocycles. The fourth-order valence-corrected chi connectivity index (χ4v) is 6.84. The number of hydrogen-bond donors (Lipinski definition) is 3. The van der Waals surface area contributed by atoms with E-state index >= 15 is 0 Å². The summed E-state index contributed by atoms with van der Waals surface area (Å²) in [4.78, 5) is 41.6. The van der Waals surface area contributed by atoms with Crippen molar-refractivity contribution in [1.82, 2.24) is 20.9 Å². The van der Waals surface area contributed by atoms with E-state index in [4.69, 9.17) is 0 Å². The van der Waals surface area contributed by atoms with Crippen LogP contribution in [0.25, 0.3) is 0 Å². The lowest BCUT2D eigenvalue weighted by atomic mass is 9.87. The molecule has 3 unspecified atom stereocenters. The van der Waals surface area contributed by atoms with Gasteiger partial charge in [-0.15, -0.1) is 11.8 Å². The van der Waals surface area contributed by atoms with Gasteiger partial charge in [0.25, 0.3) is 0 Å². The van der Waals surface area contributed by atoms with Crippen LogP contribution in [0.1, 0.15) is 63.1 Å². The molecular weight excluding hydrogens is 436 g/mol. The molecule has 1 aromatic rings. The van der Waals surface area contributed by atoms with Crippen LogP contribution < -0.4 is 16.0 Å². The fraction of sp³-hybridized carbons (Fsp3) is 0.640. The Balaban J connectivity index is 1.54. The molecule has 3 aliphatic rings. The summed E-state index contributed by atoms with van der Waals surface area (Å²) in [6.45, 7) is 3.87. The lowest BCUT2D eigenvalue weighted by molar-refractivity contribution is -0.143. The first-order chi connectivity index (χ1) is 15.9. The van der Waals surface area contributed by atoms with Crippen LogP contribution in [-0.4, -0.2) is 58.9 Å². The van der Waals surface area contributed by atoms with Crippen molar-refractivity contribution in [2.45, 2.75) is 81.9 Å². The Bertz CT molecular complexity index is 894. The number of aryl methyl sites for hydroxylation is 1. The molecule has 8 heteroatoms. The van der Waals surface area contributed by atoms with Crippen LogP contribution in [0.15, 0.2) is 24.3 Å². The van der Waals surface area contributed by atoms with Crippen LogP contribution in [0.2, 0.25) is 0 Å². The second-order valence-corrected chi connectivity index (χ2v) is 10.7. The second-order valence-electron chi connectivity index (χ2n) is 9.43. The second kappa shape index (κ2) is 10.5. The highest BCUT2D eigenvalue weighted by Gasteiger charge is 2.50. The summed E-state index contributed by atoms with van der Waals surface area (Å²) >= 11 is 1.74. The first-order valence-electron chi connectivity index (χ1n) is 12.2. The van der Waals surface area contributed by atoms with Crippen LogP contribution in [0, 0.1) is 5.92 Å². The fourth-order valence-electron chi connectivity index (χ4n) is 5.41. The molecule has 7 nitrogen and oxygen atoms in total. The van der Waals surface area contributed by atoms with Crippen molar-refractivity contribution in [3.63, 3.8) is 0 Å². The van der Waals surface area contributed by atoms with Gasteiger partial charge in [-0.1, -0.05) is 37.6 Å². The van der Waals surface area contributed by atoms with Gasteiger partial charge in [0.05, 0.1) is 17.5 Å². The lowest BCUT2D eigenvalue weighted by Gasteiger charge is -2.34. The number of amides is 3. The zero-order chi connectivity index (χ0) is 23.5. The maximum atomic E-state index is 13.7. The van der Waals surface area contributed by atoms with Crippen molar-refractivity contribution in [1.29, 1.82) is 0 Å². The maximum Gasteiger partial charge on any atom is 0.246 e. The SMILES string of the molecule is CCC1CC2SCC[C@H](NC(=O)[C@H](C)NC)C(=O)N2C1C(=O)N[C@@H]1CCCc2ccccc21. The van der Waals surface area contributed by atoms with Gasteiger partial charge in [-0.25, -0.2) is 0 Å². The molecular formula is C25H36N4O3S. The summed E-state index contributed by atoms with van der Waals surface area (Å²) in [5.74, 6) is 0.533. The van der Waals surface area contributed by atoms with Crippen molar-refractivity contribution < 1.29 is 14.4 Å². The van der Waals surface area contributed by atoms with Crippen LogP contribution in [0.3, 0.4) is 0 Å². The third-order valence-corrected chi connectivity index (χ3v) is 8.73. The molecule has 0 aromatic heterocycles. The summed E-state index contributed by atoms with van der Waals surface area (Å²) in [5.41, 5.74) is 2.50. The number of thioether (sulfide) groups is 1. The monoisotopic (exact) mass is 472 g/mol. The van der Waals surface area contributed by atoms with Crippen molar-refractivity contribution in [2.75, 3.05) is 12.8 Å². The van der Waals surface area contributed by atoms with Crippen molar-refractivity contribution in [3.8, 4) is 0 Å². The number of carbonyl (C=O) groups is 3. The molecule has 2 fully saturated rings. The van der Waals surface area contributed by atoms with Gasteiger partial charge in [-0.2, -0.15) is 0 Å². The zero-order valence-electron chi connectivity index (χ0n) is 19.8. The number of nitrogens with zero attached hydrogens (tertiary/aromatic N) is 1. The van der Waals surface area contributed by atoms with E-state index in [1.165, 1.54) is 11.1 Å². The predicted octanol–water partition coefficient (Wildman–Crippen LogP) is 2.36. The van der Waals surface area contributed by atoms with Gasteiger partial charge in [-0.3, -0.25) is 14.4 Å². The molecule has 33 heavy (non-hydrogen) atoms. The highest BCUT2D eigenvalue weighted by Crippen LogP contribution is 2.41. The minimum Gasteiger partial charge on any atom is -0.347 e. The molecule has 3 amide bonds. The van der Waals surface area contributed by atoms with Gasteiger partial charge in [0.15, 0.2) is 0 Å². The van der Waals surface area contributed by atoms with Gasteiger partial charge in [0, 0.05) is 0 Å². The van der Waals surface area contributed by atoms with Gasteiger partial charge in [0.1, 0.15) is 12.1 Å². The van der Waals surface area contributed by atoms with Gasteiger partial charge in [-0.05, 0) is 68.9 Å². The van der Waals surface area contributed by atoms with Crippen molar-refractivity contribution in [3.05, 3.63) is 35.4 Å². The minimum absolute atomic E-state index is 0.0132. The number of nitrogens with one attached hydrogen (secondary N) is 3. The van der Waals surface area contributed by atoms with Gasteiger partial charge < -0.3 is 20.9 Å². The van der Waals surface area contributed by atoms with Crippen molar-refractivity contribution >= 4 is 29.5 Å². The average molecular weight is 473 g/mol. The highest BCUT2D eigenvalue weighted by molar-refractivity contribution is 7.99. The standard InChI is InChI=1S/C25H36N4O3S/c1-4-16-14-21-29(25(32)20(12-13-33-21)28-23(30)15(2)26-3)22(16)24(31)27-19-11-7-9-17-8-5-6-10-18(17)19/h5-6,8,10,15-16,19-22,26H,4,7,9,11-14H2,1-3H3,(H,27,31)(H,28,30)/t15-,16?,19+,20-,21?,22?/m0/s1. The quantitative estimate of drug-likeness (QED) is 0.591.